The molecule has 0 aliphatic rings. The van der Waals surface area contributed by atoms with Gasteiger partial charge in [-0.25, -0.2) is 0 Å². The smallest absolute Gasteiger partial charge is 0 e. The first-order chi connectivity index (χ1) is 1.00. The van der Waals surface area contributed by atoms with Crippen LogP contribution in [0.2, 0.25) is 0 Å². The van der Waals surface area contributed by atoms with Crippen molar-refractivity contribution in [1.29, 1.82) is 0 Å². The largest absolute Gasteiger partial charge is 0 e. The first-order valence-electron chi connectivity index (χ1n) is 0.144. The van der Waals surface area contributed by atoms with Gasteiger partial charge < -0.3 is 0 Å². The third-order valence-electron chi connectivity index (χ3n) is 0. The number of rotatable bonds is 0. The Bertz CT molecular complexity index is 8.00. The third-order valence-corrected chi connectivity index (χ3v) is 0. The van der Waals surface area contributed by atoms with Crippen LogP contribution in [0.3, 0.4) is 0 Å². The molecule has 0 radical (unpaired) electrons. The van der Waals surface area contributed by atoms with E-state index in [0.717, 1.165) is 0 Å². The van der Waals surface area contributed by atoms with Crippen LogP contribution in [0.25, 0.3) is 0 Å². The fourth-order valence-corrected chi connectivity index (χ4v) is 0. The zero-order valence-electron chi connectivity index (χ0n) is 1.79. The van der Waals surface area contributed by atoms with Gasteiger partial charge in [0.2, 0.25) is 0 Å². The zero-order chi connectivity index (χ0) is 2.00. The summed E-state index contributed by atoms with van der Waals surface area (Å²) in [6.45, 7) is 0. The van der Waals surface area contributed by atoms with E-state index >= 15 is 0 Å². The SMILES string of the molecule is [Ni].[S]=[Fe].[Zn]. The van der Waals surface area contributed by atoms with Gasteiger partial charge >= 0.3 is 24.9 Å². The Balaban J connectivity index is -0.00000000500. The Kier molecular flexibility index (Phi) is 88.7. The minimum Gasteiger partial charge on any atom is 0 e. The fraction of sp³-hybridized carbons (Fsp3) is 0. The molecule has 0 saturated carbocycles. The van der Waals surface area contributed by atoms with Crippen molar-refractivity contribution in [1.82, 2.24) is 0 Å². The summed E-state index contributed by atoms with van der Waals surface area (Å²) in [4.78, 5) is 0. The van der Waals surface area contributed by atoms with Crippen molar-refractivity contribution >= 4 is 10.6 Å². The summed E-state index contributed by atoms with van der Waals surface area (Å²) in [5, 5.41) is 0. The molecule has 0 atom stereocenters. The summed E-state index contributed by atoms with van der Waals surface area (Å²) in [6, 6.07) is 0. The number of hydrogen-bond acceptors (Lipinski definition) is 1. The van der Waals surface area contributed by atoms with Gasteiger partial charge in [0.15, 0.2) is 0 Å². The topological polar surface area (TPSA) is 0 Å². The van der Waals surface area contributed by atoms with E-state index in [1.807, 2.05) is 0 Å². The molecular weight excluding hydrogens is 212 g/mol. The normalized spacial score (nSPS) is 1.25. The molecule has 0 aromatic rings. The van der Waals surface area contributed by atoms with E-state index in [2.05, 4.69) is 24.9 Å². The molecular formula is FeNiSZn. The van der Waals surface area contributed by atoms with E-state index in [9.17, 15) is 0 Å². The van der Waals surface area contributed by atoms with E-state index in [4.69, 9.17) is 0 Å². The quantitative estimate of drug-likeness (QED) is 0.531. The van der Waals surface area contributed by atoms with Crippen LogP contribution in [-0.2, 0) is 50.4 Å². The molecule has 0 saturated heterocycles. The van der Waals surface area contributed by atoms with E-state index in [-0.39, 0.29) is 36.0 Å². The number of hydrogen-bond donors (Lipinski definition) is 0. The first-order valence-corrected chi connectivity index (χ1v) is 1.79. The predicted octanol–water partition coefficient (Wildman–Crippen LogP) is 0.641. The van der Waals surface area contributed by atoms with Gasteiger partial charge in [-0.2, -0.15) is 0 Å². The molecule has 4 heteroatoms. The van der Waals surface area contributed by atoms with Crippen LogP contribution in [0.5, 0.6) is 0 Å². The van der Waals surface area contributed by atoms with Crippen LogP contribution in [0, 0.1) is 0 Å². The van der Waals surface area contributed by atoms with Gasteiger partial charge in [-0.1, -0.05) is 0 Å². The molecule has 0 bridgehead atoms. The van der Waals surface area contributed by atoms with Crippen molar-refractivity contribution in [2.75, 3.05) is 0 Å². The van der Waals surface area contributed by atoms with Crippen LogP contribution >= 0.6 is 10.6 Å². The van der Waals surface area contributed by atoms with Gasteiger partial charge in [0.05, 0.1) is 0 Å². The van der Waals surface area contributed by atoms with Crippen molar-refractivity contribution in [3.8, 4) is 0 Å². The molecule has 4 heavy (non-hydrogen) atoms. The van der Waals surface area contributed by atoms with E-state index in [1.165, 1.54) is 0 Å². The maximum Gasteiger partial charge on any atom is 0 e. The van der Waals surface area contributed by atoms with Gasteiger partial charge in [-0.3, -0.25) is 0 Å². The summed E-state index contributed by atoms with van der Waals surface area (Å²) in [5.74, 6) is 0. The van der Waals surface area contributed by atoms with Crippen molar-refractivity contribution < 1.29 is 50.4 Å². The molecule has 0 rings (SSSR count). The summed E-state index contributed by atoms with van der Waals surface area (Å²) in [5.41, 5.74) is 0. The van der Waals surface area contributed by atoms with Gasteiger partial charge in [-0.15, -0.1) is 0 Å². The Morgan fingerprint density at radius 3 is 1.25 bits per heavy atom. The third kappa shape index (κ3) is 9.13. The maximum atomic E-state index is 3.83. The molecule has 0 aliphatic heterocycles. The minimum atomic E-state index is 0. The molecule has 0 aliphatic carbocycles. The Hall–Kier alpha value is 1.86. The molecule has 0 nitrogen and oxygen atoms in total. The average Bonchev–Trinajstić information content (AvgIpc) is 1.00. The van der Waals surface area contributed by atoms with E-state index in [1.54, 1.807) is 0 Å². The second kappa shape index (κ2) is 21.0. The van der Waals surface area contributed by atoms with E-state index in [0.29, 0.717) is 0 Å². The van der Waals surface area contributed by atoms with Crippen molar-refractivity contribution in [2.45, 2.75) is 0 Å². The Labute approximate surface area is 60.5 Å². The van der Waals surface area contributed by atoms with Crippen LogP contribution < -0.4 is 0 Å². The summed E-state index contributed by atoms with van der Waals surface area (Å²) >= 11 is 2.83. The van der Waals surface area contributed by atoms with E-state index < -0.39 is 0 Å². The summed E-state index contributed by atoms with van der Waals surface area (Å²) in [6.07, 6.45) is 0. The van der Waals surface area contributed by atoms with Gasteiger partial charge in [0, 0.05) is 36.0 Å². The Morgan fingerprint density at radius 1 is 1.25 bits per heavy atom. The zero-order valence-corrected chi connectivity index (χ0v) is 7.66. The van der Waals surface area contributed by atoms with Gasteiger partial charge in [-0.05, 0) is 0 Å². The molecule has 0 N–H and O–H groups in total. The molecule has 0 heterocycles. The van der Waals surface area contributed by atoms with Crippen LogP contribution in [0.15, 0.2) is 0 Å². The van der Waals surface area contributed by atoms with Gasteiger partial charge in [0.1, 0.15) is 0 Å². The van der Waals surface area contributed by atoms with Crippen molar-refractivity contribution in [3.63, 3.8) is 0 Å². The minimum absolute atomic E-state index is 0. The van der Waals surface area contributed by atoms with Crippen LogP contribution in [0.4, 0.5) is 0 Å². The maximum absolute atomic E-state index is 3.83. The standard InChI is InChI=1S/Fe.Ni.S.Zn. The first kappa shape index (κ1) is 16.9. The molecule has 0 unspecified atom stereocenters. The van der Waals surface area contributed by atoms with Crippen LogP contribution in [0.1, 0.15) is 0 Å². The Morgan fingerprint density at radius 2 is 1.25 bits per heavy atom. The summed E-state index contributed by atoms with van der Waals surface area (Å²) < 4.78 is 0. The predicted molar refractivity (Wildman–Crippen MR) is 7.59 cm³/mol. The molecule has 0 aromatic heterocycles. The molecule has 0 aromatic carbocycles. The summed E-state index contributed by atoms with van der Waals surface area (Å²) in [7, 11) is 3.83. The fourth-order valence-electron chi connectivity index (χ4n) is 0. The van der Waals surface area contributed by atoms with Crippen molar-refractivity contribution in [3.05, 3.63) is 0 Å². The second-order valence-electron chi connectivity index (χ2n) is 0. The molecule has 0 spiro atoms. The molecule has 0 amide bonds. The molecule has 0 fully saturated rings. The second-order valence-corrected chi connectivity index (χ2v) is 0. The monoisotopic (exact) mass is 210 g/mol. The average molecular weight is 212 g/mol. The van der Waals surface area contributed by atoms with Crippen LogP contribution in [-0.4, -0.2) is 0 Å². The molecule has 26 valence electrons. The van der Waals surface area contributed by atoms with Crippen molar-refractivity contribution in [2.24, 2.45) is 0 Å². The van der Waals surface area contributed by atoms with Gasteiger partial charge in [0.25, 0.3) is 0 Å².